The van der Waals surface area contributed by atoms with E-state index in [2.05, 4.69) is 10.6 Å². The fourth-order valence-corrected chi connectivity index (χ4v) is 4.08. The van der Waals surface area contributed by atoms with E-state index in [1.165, 1.54) is 0 Å². The van der Waals surface area contributed by atoms with Gasteiger partial charge in [-0.1, -0.05) is 13.8 Å². The summed E-state index contributed by atoms with van der Waals surface area (Å²) in [4.78, 5) is 11.7. The van der Waals surface area contributed by atoms with E-state index in [0.717, 1.165) is 0 Å². The summed E-state index contributed by atoms with van der Waals surface area (Å²) in [5, 5.41) is 5.98. The highest BCUT2D eigenvalue weighted by molar-refractivity contribution is 7.91. The molecule has 1 amide bonds. The number of hydrogen-bond donors (Lipinski definition) is 2. The average Bonchev–Trinajstić information content (AvgIpc) is 2.39. The van der Waals surface area contributed by atoms with Crippen LogP contribution in [0.1, 0.15) is 33.6 Å². The number of carbonyl (C=O) groups is 1. The van der Waals surface area contributed by atoms with Crippen LogP contribution >= 0.6 is 0 Å². The van der Waals surface area contributed by atoms with E-state index in [-0.39, 0.29) is 17.4 Å². The number of sulfone groups is 1. The molecule has 0 spiro atoms. The van der Waals surface area contributed by atoms with Crippen LogP contribution < -0.4 is 10.6 Å². The van der Waals surface area contributed by atoms with E-state index in [1.54, 1.807) is 6.92 Å². The van der Waals surface area contributed by atoms with Crippen LogP contribution in [0.5, 0.6) is 0 Å². The molecular weight excluding hydrogens is 240 g/mol. The largest absolute Gasteiger partial charge is 0.350 e. The van der Waals surface area contributed by atoms with Crippen molar-refractivity contribution >= 4 is 15.7 Å². The van der Waals surface area contributed by atoms with Gasteiger partial charge in [0.1, 0.15) is 0 Å². The van der Waals surface area contributed by atoms with Crippen molar-refractivity contribution < 1.29 is 13.2 Å². The molecule has 0 aliphatic carbocycles. The summed E-state index contributed by atoms with van der Waals surface area (Å²) < 4.78 is 22.7. The van der Waals surface area contributed by atoms with Crippen LogP contribution in [-0.4, -0.2) is 44.0 Å². The molecule has 0 radical (unpaired) electrons. The highest BCUT2D eigenvalue weighted by Crippen LogP contribution is 2.22. The summed E-state index contributed by atoms with van der Waals surface area (Å²) in [5.74, 6) is 0.148. The lowest BCUT2D eigenvalue weighted by Crippen LogP contribution is -2.47. The van der Waals surface area contributed by atoms with Gasteiger partial charge in [0.05, 0.1) is 17.0 Å². The van der Waals surface area contributed by atoms with Crippen LogP contribution in [-0.2, 0) is 14.6 Å². The lowest BCUT2D eigenvalue weighted by Gasteiger charge is -2.24. The monoisotopic (exact) mass is 262 g/mol. The van der Waals surface area contributed by atoms with Crippen LogP contribution in [0.25, 0.3) is 0 Å². The van der Waals surface area contributed by atoms with Gasteiger partial charge in [0.2, 0.25) is 5.91 Å². The molecule has 2 N–H and O–H groups in total. The summed E-state index contributed by atoms with van der Waals surface area (Å²) in [7, 11) is -2.96. The Morgan fingerprint density at radius 3 is 2.53 bits per heavy atom. The van der Waals surface area contributed by atoms with E-state index in [1.807, 2.05) is 13.8 Å². The molecule has 1 atom stereocenters. The standard InChI is InChI=1S/C11H22N2O3S/c1-9(2)12-6-4-10(14)13-11(3)5-7-17(15,16)8-11/h9,12H,4-8H2,1-3H3,(H,13,14). The van der Waals surface area contributed by atoms with Crippen molar-refractivity contribution in [2.24, 2.45) is 0 Å². The summed E-state index contributed by atoms with van der Waals surface area (Å²) in [6.07, 6.45) is 0.895. The minimum absolute atomic E-state index is 0.0589. The molecular formula is C11H22N2O3S. The first-order valence-corrected chi connectivity index (χ1v) is 7.79. The first-order chi connectivity index (χ1) is 7.72. The minimum Gasteiger partial charge on any atom is -0.350 e. The number of hydrogen-bond acceptors (Lipinski definition) is 4. The minimum atomic E-state index is -2.96. The maximum atomic E-state index is 11.7. The molecule has 1 heterocycles. The van der Waals surface area contributed by atoms with Gasteiger partial charge in [0.25, 0.3) is 0 Å². The molecule has 6 heteroatoms. The van der Waals surface area contributed by atoms with Crippen molar-refractivity contribution in [3.63, 3.8) is 0 Å². The fourth-order valence-electron chi connectivity index (χ4n) is 1.98. The Balaban J connectivity index is 2.36. The molecule has 0 bridgehead atoms. The number of rotatable bonds is 5. The molecule has 1 fully saturated rings. The van der Waals surface area contributed by atoms with Gasteiger partial charge in [0, 0.05) is 19.0 Å². The van der Waals surface area contributed by atoms with E-state index in [4.69, 9.17) is 0 Å². The van der Waals surface area contributed by atoms with Crippen LogP contribution in [0.2, 0.25) is 0 Å². The van der Waals surface area contributed by atoms with Crippen LogP contribution in [0, 0.1) is 0 Å². The van der Waals surface area contributed by atoms with Crippen molar-refractivity contribution in [1.29, 1.82) is 0 Å². The molecule has 17 heavy (non-hydrogen) atoms. The number of carbonyl (C=O) groups excluding carboxylic acids is 1. The van der Waals surface area contributed by atoms with Gasteiger partial charge in [-0.15, -0.1) is 0 Å². The summed E-state index contributed by atoms with van der Waals surface area (Å²) in [5.41, 5.74) is -0.576. The Kier molecular flexibility index (Phi) is 4.55. The lowest BCUT2D eigenvalue weighted by molar-refractivity contribution is -0.122. The summed E-state index contributed by atoms with van der Waals surface area (Å²) in [6.45, 7) is 6.45. The molecule has 0 saturated carbocycles. The predicted octanol–water partition coefficient (Wildman–Crippen LogP) is 0.0679. The molecule has 1 aliphatic rings. The second-order valence-corrected chi connectivity index (χ2v) is 7.49. The Morgan fingerprint density at radius 2 is 2.06 bits per heavy atom. The van der Waals surface area contributed by atoms with Gasteiger partial charge in [-0.05, 0) is 13.3 Å². The predicted molar refractivity (Wildman–Crippen MR) is 67.6 cm³/mol. The third kappa shape index (κ3) is 5.04. The smallest absolute Gasteiger partial charge is 0.221 e. The van der Waals surface area contributed by atoms with E-state index in [9.17, 15) is 13.2 Å². The zero-order chi connectivity index (χ0) is 13.1. The van der Waals surface area contributed by atoms with E-state index < -0.39 is 15.4 Å². The highest BCUT2D eigenvalue weighted by atomic mass is 32.2. The van der Waals surface area contributed by atoms with Crippen molar-refractivity contribution in [2.75, 3.05) is 18.1 Å². The molecule has 100 valence electrons. The fraction of sp³-hybridized carbons (Fsp3) is 0.909. The Bertz CT molecular complexity index is 378. The second kappa shape index (κ2) is 5.35. The molecule has 1 saturated heterocycles. The Morgan fingerprint density at radius 1 is 1.41 bits per heavy atom. The third-order valence-electron chi connectivity index (χ3n) is 2.85. The van der Waals surface area contributed by atoms with Gasteiger partial charge in [-0.2, -0.15) is 0 Å². The molecule has 1 aliphatic heterocycles. The zero-order valence-electron chi connectivity index (χ0n) is 10.7. The molecule has 0 aromatic carbocycles. The SMILES string of the molecule is CC(C)NCCC(=O)NC1(C)CCS(=O)(=O)C1. The Labute approximate surface area is 103 Å². The maximum Gasteiger partial charge on any atom is 0.221 e. The number of amides is 1. The van der Waals surface area contributed by atoms with Gasteiger partial charge in [0.15, 0.2) is 9.84 Å². The van der Waals surface area contributed by atoms with Crippen LogP contribution in [0.3, 0.4) is 0 Å². The lowest BCUT2D eigenvalue weighted by atomic mass is 10.0. The first-order valence-electron chi connectivity index (χ1n) is 5.97. The van der Waals surface area contributed by atoms with Crippen molar-refractivity contribution in [3.8, 4) is 0 Å². The van der Waals surface area contributed by atoms with E-state index >= 15 is 0 Å². The highest BCUT2D eigenvalue weighted by Gasteiger charge is 2.39. The van der Waals surface area contributed by atoms with Gasteiger partial charge >= 0.3 is 0 Å². The van der Waals surface area contributed by atoms with Gasteiger partial charge in [-0.25, -0.2) is 8.42 Å². The molecule has 0 aromatic rings. The molecule has 1 unspecified atom stereocenters. The third-order valence-corrected chi connectivity index (χ3v) is 4.75. The summed E-state index contributed by atoms with van der Waals surface area (Å²) >= 11 is 0. The van der Waals surface area contributed by atoms with Crippen LogP contribution in [0.4, 0.5) is 0 Å². The number of nitrogens with one attached hydrogen (secondary N) is 2. The molecule has 5 nitrogen and oxygen atoms in total. The zero-order valence-corrected chi connectivity index (χ0v) is 11.6. The van der Waals surface area contributed by atoms with Crippen molar-refractivity contribution in [3.05, 3.63) is 0 Å². The van der Waals surface area contributed by atoms with Gasteiger partial charge < -0.3 is 10.6 Å². The Hall–Kier alpha value is -0.620. The average molecular weight is 262 g/mol. The second-order valence-electron chi connectivity index (χ2n) is 5.31. The van der Waals surface area contributed by atoms with Crippen molar-refractivity contribution in [2.45, 2.75) is 45.2 Å². The maximum absolute atomic E-state index is 11.7. The van der Waals surface area contributed by atoms with Crippen molar-refractivity contribution in [1.82, 2.24) is 10.6 Å². The summed E-state index contributed by atoms with van der Waals surface area (Å²) in [6, 6.07) is 0.352. The van der Waals surface area contributed by atoms with Crippen LogP contribution in [0.15, 0.2) is 0 Å². The van der Waals surface area contributed by atoms with Gasteiger partial charge in [-0.3, -0.25) is 4.79 Å². The quantitative estimate of drug-likeness (QED) is 0.735. The topological polar surface area (TPSA) is 75.3 Å². The van der Waals surface area contributed by atoms with E-state index in [0.29, 0.717) is 25.4 Å². The normalized spacial score (nSPS) is 27.3. The molecule has 1 rings (SSSR count). The molecule has 0 aromatic heterocycles. The first kappa shape index (κ1) is 14.4.